The molecule has 0 aromatic carbocycles. The van der Waals surface area contributed by atoms with E-state index in [1.165, 1.54) is 12.8 Å². The van der Waals surface area contributed by atoms with Crippen molar-refractivity contribution in [3.05, 3.63) is 29.8 Å². The lowest BCUT2D eigenvalue weighted by Crippen LogP contribution is -2.34. The zero-order chi connectivity index (χ0) is 14.2. The molecule has 0 spiro atoms. The fraction of sp³-hybridized carbons (Fsp3) is 0.600. The summed E-state index contributed by atoms with van der Waals surface area (Å²) in [6, 6.07) is 0. The van der Waals surface area contributed by atoms with Crippen LogP contribution < -0.4 is 4.90 Å². The molecule has 6 heteroatoms. The topological polar surface area (TPSA) is 67.9 Å². The van der Waals surface area contributed by atoms with Crippen molar-refractivity contribution in [3.8, 4) is 0 Å². The van der Waals surface area contributed by atoms with E-state index in [0.29, 0.717) is 11.8 Å². The van der Waals surface area contributed by atoms with Gasteiger partial charge in [0.05, 0.1) is 11.9 Å². The predicted molar refractivity (Wildman–Crippen MR) is 77.2 cm³/mol. The van der Waals surface area contributed by atoms with Gasteiger partial charge < -0.3 is 9.42 Å². The van der Waals surface area contributed by atoms with Crippen molar-refractivity contribution in [3.63, 3.8) is 0 Å². The number of piperidine rings is 1. The number of hydrogen-bond donors (Lipinski definition) is 0. The molecule has 1 aliphatic heterocycles. The van der Waals surface area contributed by atoms with Crippen LogP contribution in [0.2, 0.25) is 0 Å². The maximum absolute atomic E-state index is 5.37. The Morgan fingerprint density at radius 2 is 1.86 bits per heavy atom. The Hall–Kier alpha value is -1.98. The molecule has 1 saturated heterocycles. The van der Waals surface area contributed by atoms with Gasteiger partial charge in [0.25, 0.3) is 0 Å². The van der Waals surface area contributed by atoms with Crippen LogP contribution in [-0.2, 0) is 0 Å². The molecule has 0 N–H and O–H groups in total. The molecule has 3 heterocycles. The van der Waals surface area contributed by atoms with E-state index in [-0.39, 0.29) is 0 Å². The van der Waals surface area contributed by atoms with Gasteiger partial charge in [0.15, 0.2) is 5.82 Å². The lowest BCUT2D eigenvalue weighted by atomic mass is 9.96. The summed E-state index contributed by atoms with van der Waals surface area (Å²) < 4.78 is 5.37. The molecule has 110 valence electrons. The molecule has 0 amide bonds. The van der Waals surface area contributed by atoms with Crippen LogP contribution in [0.25, 0.3) is 0 Å². The average Bonchev–Trinajstić information content (AvgIpc) is 3.25. The van der Waals surface area contributed by atoms with Crippen molar-refractivity contribution in [1.29, 1.82) is 0 Å². The summed E-state index contributed by atoms with van der Waals surface area (Å²) in [6.07, 6.45) is 8.11. The van der Waals surface area contributed by atoms with E-state index in [1.807, 2.05) is 13.1 Å². The van der Waals surface area contributed by atoms with E-state index in [9.17, 15) is 0 Å². The number of aryl methyl sites for hydroxylation is 1. The molecule has 2 fully saturated rings. The number of aromatic nitrogens is 4. The minimum absolute atomic E-state index is 0.412. The Morgan fingerprint density at radius 1 is 1.05 bits per heavy atom. The quantitative estimate of drug-likeness (QED) is 0.862. The molecule has 1 aliphatic carbocycles. The third-order valence-electron chi connectivity index (χ3n) is 4.31. The molecule has 2 aromatic rings. The van der Waals surface area contributed by atoms with Gasteiger partial charge in [0.1, 0.15) is 5.82 Å². The zero-order valence-corrected chi connectivity index (χ0v) is 12.2. The monoisotopic (exact) mass is 285 g/mol. The van der Waals surface area contributed by atoms with Crippen LogP contribution in [0.15, 0.2) is 16.9 Å². The molecule has 1 saturated carbocycles. The summed E-state index contributed by atoms with van der Waals surface area (Å²) in [6.45, 7) is 3.91. The highest BCUT2D eigenvalue weighted by Gasteiger charge is 2.32. The molecule has 0 radical (unpaired) electrons. The van der Waals surface area contributed by atoms with E-state index >= 15 is 0 Å². The van der Waals surface area contributed by atoms with E-state index in [0.717, 1.165) is 49.2 Å². The van der Waals surface area contributed by atoms with Gasteiger partial charge in [-0.15, -0.1) is 0 Å². The van der Waals surface area contributed by atoms with E-state index in [2.05, 4.69) is 25.0 Å². The number of rotatable bonds is 3. The first-order valence-electron chi connectivity index (χ1n) is 7.66. The van der Waals surface area contributed by atoms with Crippen LogP contribution in [0, 0.1) is 6.92 Å². The van der Waals surface area contributed by atoms with Gasteiger partial charge in [-0.25, -0.2) is 4.98 Å². The second-order valence-corrected chi connectivity index (χ2v) is 6.05. The first-order chi connectivity index (χ1) is 10.3. The second-order valence-electron chi connectivity index (χ2n) is 6.05. The minimum Gasteiger partial charge on any atom is -0.355 e. The normalized spacial score (nSPS) is 20.0. The van der Waals surface area contributed by atoms with Crippen LogP contribution in [-0.4, -0.2) is 33.2 Å². The number of hydrogen-bond acceptors (Lipinski definition) is 6. The molecule has 21 heavy (non-hydrogen) atoms. The summed E-state index contributed by atoms with van der Waals surface area (Å²) in [5.41, 5.74) is 0.960. The van der Waals surface area contributed by atoms with Gasteiger partial charge in [0, 0.05) is 31.1 Å². The van der Waals surface area contributed by atoms with Crippen molar-refractivity contribution in [2.75, 3.05) is 18.0 Å². The predicted octanol–water partition coefficient (Wildman–Crippen LogP) is 2.43. The largest absolute Gasteiger partial charge is 0.355 e. The van der Waals surface area contributed by atoms with Gasteiger partial charge in [-0.1, -0.05) is 5.16 Å². The highest BCUT2D eigenvalue weighted by Crippen LogP contribution is 2.39. The molecule has 0 unspecified atom stereocenters. The average molecular weight is 285 g/mol. The summed E-state index contributed by atoms with van der Waals surface area (Å²) >= 11 is 0. The van der Waals surface area contributed by atoms with E-state index < -0.39 is 0 Å². The fourth-order valence-corrected chi connectivity index (χ4v) is 2.88. The Bertz CT molecular complexity index is 628. The van der Waals surface area contributed by atoms with Gasteiger partial charge >= 0.3 is 0 Å². The Kier molecular flexibility index (Phi) is 3.09. The first kappa shape index (κ1) is 12.7. The lowest BCUT2D eigenvalue weighted by Gasteiger charge is -2.31. The van der Waals surface area contributed by atoms with Gasteiger partial charge in [-0.3, -0.25) is 4.98 Å². The molecule has 0 atom stereocenters. The first-order valence-corrected chi connectivity index (χ1v) is 7.66. The maximum atomic E-state index is 5.37. The van der Waals surface area contributed by atoms with Gasteiger partial charge in [-0.05, 0) is 32.6 Å². The van der Waals surface area contributed by atoms with Crippen molar-refractivity contribution < 1.29 is 4.52 Å². The van der Waals surface area contributed by atoms with Crippen molar-refractivity contribution in [2.24, 2.45) is 0 Å². The van der Waals surface area contributed by atoms with E-state index in [4.69, 9.17) is 4.52 Å². The fourth-order valence-electron chi connectivity index (χ4n) is 2.88. The third kappa shape index (κ3) is 2.62. The second kappa shape index (κ2) is 5.09. The van der Waals surface area contributed by atoms with E-state index in [1.54, 1.807) is 6.20 Å². The summed E-state index contributed by atoms with van der Waals surface area (Å²) in [7, 11) is 0. The maximum Gasteiger partial charge on any atom is 0.229 e. The van der Waals surface area contributed by atoms with Crippen LogP contribution in [0.4, 0.5) is 5.82 Å². The zero-order valence-electron chi connectivity index (χ0n) is 12.2. The summed E-state index contributed by atoms with van der Waals surface area (Å²) in [5, 5.41) is 4.18. The van der Waals surface area contributed by atoms with Crippen LogP contribution in [0.5, 0.6) is 0 Å². The summed E-state index contributed by atoms with van der Waals surface area (Å²) in [5.74, 6) is 3.66. The molecule has 0 bridgehead atoms. The van der Waals surface area contributed by atoms with Crippen molar-refractivity contribution in [2.45, 2.75) is 44.4 Å². The van der Waals surface area contributed by atoms with Crippen LogP contribution in [0.3, 0.4) is 0 Å². The highest BCUT2D eigenvalue weighted by atomic mass is 16.5. The molecule has 2 aromatic heterocycles. The molecule has 4 rings (SSSR count). The minimum atomic E-state index is 0.412. The smallest absolute Gasteiger partial charge is 0.229 e. The number of nitrogens with zero attached hydrogens (tertiary/aromatic N) is 5. The third-order valence-corrected chi connectivity index (χ3v) is 4.31. The number of anilines is 1. The molecule has 6 nitrogen and oxygen atoms in total. The summed E-state index contributed by atoms with van der Waals surface area (Å²) in [4.78, 5) is 15.6. The lowest BCUT2D eigenvalue weighted by molar-refractivity contribution is 0.364. The van der Waals surface area contributed by atoms with Crippen LogP contribution in [0.1, 0.15) is 54.9 Å². The Morgan fingerprint density at radius 3 is 2.57 bits per heavy atom. The SMILES string of the molecule is Cc1cncc(N2CCC(c3noc(C4CC4)n3)CC2)n1. The molecular weight excluding hydrogens is 266 g/mol. The Balaban J connectivity index is 1.41. The van der Waals surface area contributed by atoms with Gasteiger partial charge in [0.2, 0.25) is 5.89 Å². The standard InChI is InChI=1S/C15H19N5O/c1-10-8-16-9-13(17-10)20-6-4-11(5-7-20)14-18-15(21-19-14)12-2-3-12/h8-9,11-12H,2-7H2,1H3. The highest BCUT2D eigenvalue weighted by molar-refractivity contribution is 5.37. The van der Waals surface area contributed by atoms with Gasteiger partial charge in [-0.2, -0.15) is 4.98 Å². The van der Waals surface area contributed by atoms with Crippen LogP contribution >= 0.6 is 0 Å². The molecular formula is C15H19N5O. The Labute approximate surface area is 123 Å². The molecule has 2 aliphatic rings. The van der Waals surface area contributed by atoms with Crippen molar-refractivity contribution >= 4 is 5.82 Å². The van der Waals surface area contributed by atoms with Crippen molar-refractivity contribution in [1.82, 2.24) is 20.1 Å².